The van der Waals surface area contributed by atoms with E-state index < -0.39 is 0 Å². The molecule has 0 N–H and O–H groups in total. The van der Waals surface area contributed by atoms with Crippen molar-refractivity contribution in [3.8, 4) is 0 Å². The van der Waals surface area contributed by atoms with Crippen LogP contribution >= 0.6 is 0 Å². The molecule has 0 unspecified atom stereocenters. The Morgan fingerprint density at radius 1 is 1.05 bits per heavy atom. The van der Waals surface area contributed by atoms with Gasteiger partial charge in [0.25, 0.3) is 5.91 Å². The van der Waals surface area contributed by atoms with Crippen molar-refractivity contribution in [2.24, 2.45) is 0 Å². The molecule has 2 aromatic carbocycles. The fourth-order valence-corrected chi connectivity index (χ4v) is 2.12. The molecule has 0 aliphatic heterocycles. The quantitative estimate of drug-likeness (QED) is 0.566. The fraction of sp³-hybridized carbons (Fsp3) is 0.105. The molecule has 0 aliphatic rings. The average Bonchev–Trinajstić information content (AvgIpc) is 2.59. The van der Waals surface area contributed by atoms with Crippen molar-refractivity contribution in [3.63, 3.8) is 0 Å². The topological polar surface area (TPSA) is 29.5 Å². The maximum absolute atomic E-state index is 12.7. The van der Waals surface area contributed by atoms with Crippen LogP contribution in [0, 0.1) is 0 Å². The van der Waals surface area contributed by atoms with E-state index in [2.05, 4.69) is 13.2 Å². The first kappa shape index (κ1) is 15.7. The number of rotatable bonds is 7. The van der Waals surface area contributed by atoms with E-state index in [1.807, 2.05) is 48.5 Å². The van der Waals surface area contributed by atoms with Gasteiger partial charge >= 0.3 is 0 Å². The van der Waals surface area contributed by atoms with Gasteiger partial charge in [0, 0.05) is 5.56 Å². The fourth-order valence-electron chi connectivity index (χ4n) is 2.12. The molecule has 22 heavy (non-hydrogen) atoms. The molecule has 112 valence electrons. The predicted octanol–water partition coefficient (Wildman–Crippen LogP) is 4.17. The summed E-state index contributed by atoms with van der Waals surface area (Å²) in [5.74, 6) is -0.212. The summed E-state index contributed by atoms with van der Waals surface area (Å²) in [6.45, 7) is 7.72. The van der Waals surface area contributed by atoms with Crippen LogP contribution in [0.4, 0.5) is 0 Å². The summed E-state index contributed by atoms with van der Waals surface area (Å²) in [5.41, 5.74) is 1.50. The molecule has 0 saturated heterocycles. The highest BCUT2D eigenvalue weighted by Crippen LogP contribution is 2.24. The van der Waals surface area contributed by atoms with Crippen molar-refractivity contribution in [2.45, 2.75) is 6.04 Å². The minimum atomic E-state index is -0.367. The van der Waals surface area contributed by atoms with Gasteiger partial charge < -0.3 is 0 Å². The number of carbonyl (C=O) groups excluding carboxylic acids is 1. The molecule has 0 aromatic heterocycles. The van der Waals surface area contributed by atoms with Crippen LogP contribution in [0.1, 0.15) is 22.0 Å². The highest BCUT2D eigenvalue weighted by molar-refractivity contribution is 5.93. The zero-order valence-corrected chi connectivity index (χ0v) is 12.4. The molecule has 3 heteroatoms. The molecule has 0 bridgehead atoms. The Morgan fingerprint density at radius 3 is 2.18 bits per heavy atom. The summed E-state index contributed by atoms with van der Waals surface area (Å²) in [7, 11) is 0. The van der Waals surface area contributed by atoms with Crippen LogP contribution in [-0.2, 0) is 4.84 Å². The first-order valence-electron chi connectivity index (χ1n) is 7.08. The molecule has 0 saturated carbocycles. The number of hydrogen-bond acceptors (Lipinski definition) is 2. The standard InChI is InChI=1S/C19H19NO2/c1-3-15-22-20(19(21)17-13-9-6-10-14-17)18(4-2)16-11-7-5-8-12-16/h3-14,18H,1-2,15H2/t18-/m0/s1. The van der Waals surface area contributed by atoms with Crippen molar-refractivity contribution >= 4 is 5.91 Å². The third kappa shape index (κ3) is 3.71. The van der Waals surface area contributed by atoms with Gasteiger partial charge in [0.2, 0.25) is 0 Å². The second-order valence-electron chi connectivity index (χ2n) is 4.67. The normalized spacial score (nSPS) is 11.5. The first-order valence-corrected chi connectivity index (χ1v) is 7.08. The van der Waals surface area contributed by atoms with Crippen LogP contribution < -0.4 is 0 Å². The van der Waals surface area contributed by atoms with Gasteiger partial charge in [-0.2, -0.15) is 0 Å². The molecule has 3 nitrogen and oxygen atoms in total. The Bertz CT molecular complexity index is 622. The second kappa shape index (κ2) is 7.96. The summed E-state index contributed by atoms with van der Waals surface area (Å²) in [5, 5.41) is 1.35. The van der Waals surface area contributed by atoms with E-state index in [9.17, 15) is 4.79 Å². The Balaban J connectivity index is 2.34. The average molecular weight is 293 g/mol. The second-order valence-corrected chi connectivity index (χ2v) is 4.67. The molecule has 1 amide bonds. The Labute approximate surface area is 131 Å². The van der Waals surface area contributed by atoms with Gasteiger partial charge in [-0.05, 0) is 17.7 Å². The number of nitrogens with zero attached hydrogens (tertiary/aromatic N) is 1. The van der Waals surface area contributed by atoms with E-state index in [0.29, 0.717) is 5.56 Å². The number of benzene rings is 2. The molecule has 0 fully saturated rings. The summed E-state index contributed by atoms with van der Waals surface area (Å²) in [6.07, 6.45) is 3.30. The molecule has 1 atom stereocenters. The molecule has 2 rings (SSSR count). The van der Waals surface area contributed by atoms with Crippen LogP contribution in [0.25, 0.3) is 0 Å². The molecule has 0 heterocycles. The van der Waals surface area contributed by atoms with Gasteiger partial charge in [0.1, 0.15) is 6.04 Å². The lowest BCUT2D eigenvalue weighted by atomic mass is 10.1. The smallest absolute Gasteiger partial charge is 0.267 e. The Morgan fingerprint density at radius 2 is 1.64 bits per heavy atom. The van der Waals surface area contributed by atoms with Crippen LogP contribution in [0.15, 0.2) is 86.0 Å². The largest absolute Gasteiger partial charge is 0.278 e. The molecule has 0 spiro atoms. The van der Waals surface area contributed by atoms with Crippen molar-refractivity contribution in [3.05, 3.63) is 97.1 Å². The van der Waals surface area contributed by atoms with E-state index in [1.54, 1.807) is 24.3 Å². The maximum atomic E-state index is 12.7. The number of carbonyl (C=O) groups is 1. The van der Waals surface area contributed by atoms with Gasteiger partial charge in [0.05, 0.1) is 6.61 Å². The van der Waals surface area contributed by atoms with Gasteiger partial charge in [-0.15, -0.1) is 13.2 Å². The predicted molar refractivity (Wildman–Crippen MR) is 88.1 cm³/mol. The third-order valence-electron chi connectivity index (χ3n) is 3.17. The number of hydroxylamine groups is 2. The zero-order chi connectivity index (χ0) is 15.8. The third-order valence-corrected chi connectivity index (χ3v) is 3.17. The molecular formula is C19H19NO2. The highest BCUT2D eigenvalue weighted by atomic mass is 16.7. The van der Waals surface area contributed by atoms with Crippen LogP contribution in [-0.4, -0.2) is 17.6 Å². The lowest BCUT2D eigenvalue weighted by molar-refractivity contribution is -0.130. The highest BCUT2D eigenvalue weighted by Gasteiger charge is 2.24. The molecular weight excluding hydrogens is 274 g/mol. The number of amides is 1. The van der Waals surface area contributed by atoms with Crippen molar-refractivity contribution in [1.82, 2.24) is 5.06 Å². The Hall–Kier alpha value is -2.65. The SMILES string of the molecule is C=CCON(C(=O)c1ccccc1)[C@@H](C=C)c1ccccc1. The summed E-state index contributed by atoms with van der Waals surface area (Å²) < 4.78 is 0. The lowest BCUT2D eigenvalue weighted by Crippen LogP contribution is -2.34. The monoisotopic (exact) mass is 293 g/mol. The molecule has 0 aliphatic carbocycles. The summed E-state index contributed by atoms with van der Waals surface area (Å²) >= 11 is 0. The van der Waals surface area contributed by atoms with Crippen molar-refractivity contribution in [2.75, 3.05) is 6.61 Å². The first-order chi connectivity index (χ1) is 10.8. The van der Waals surface area contributed by atoms with E-state index in [1.165, 1.54) is 5.06 Å². The van der Waals surface area contributed by atoms with Gasteiger partial charge in [0.15, 0.2) is 0 Å². The van der Waals surface area contributed by atoms with E-state index in [0.717, 1.165) is 5.56 Å². The van der Waals surface area contributed by atoms with E-state index >= 15 is 0 Å². The summed E-state index contributed by atoms with van der Waals surface area (Å²) in [6, 6.07) is 18.3. The van der Waals surface area contributed by atoms with E-state index in [4.69, 9.17) is 4.84 Å². The molecule has 2 aromatic rings. The maximum Gasteiger partial charge on any atom is 0.278 e. The molecule has 0 radical (unpaired) electrons. The van der Waals surface area contributed by atoms with Gasteiger partial charge in [-0.1, -0.05) is 60.7 Å². The lowest BCUT2D eigenvalue weighted by Gasteiger charge is -2.28. The van der Waals surface area contributed by atoms with Crippen molar-refractivity contribution in [1.29, 1.82) is 0 Å². The van der Waals surface area contributed by atoms with Gasteiger partial charge in [-0.25, -0.2) is 5.06 Å². The number of hydrogen-bond donors (Lipinski definition) is 0. The zero-order valence-electron chi connectivity index (χ0n) is 12.4. The Kier molecular flexibility index (Phi) is 5.69. The van der Waals surface area contributed by atoms with Crippen molar-refractivity contribution < 1.29 is 9.63 Å². The summed E-state index contributed by atoms with van der Waals surface area (Å²) in [4.78, 5) is 18.4. The minimum absolute atomic E-state index is 0.212. The van der Waals surface area contributed by atoms with Crippen LogP contribution in [0.2, 0.25) is 0 Å². The minimum Gasteiger partial charge on any atom is -0.267 e. The van der Waals surface area contributed by atoms with Crippen LogP contribution in [0.5, 0.6) is 0 Å². The van der Waals surface area contributed by atoms with Gasteiger partial charge in [-0.3, -0.25) is 9.63 Å². The van der Waals surface area contributed by atoms with E-state index in [-0.39, 0.29) is 18.6 Å². The van der Waals surface area contributed by atoms with Crippen LogP contribution in [0.3, 0.4) is 0 Å².